The fourth-order valence-electron chi connectivity index (χ4n) is 2.94. The third-order valence-corrected chi connectivity index (χ3v) is 5.14. The van der Waals surface area contributed by atoms with Crippen LogP contribution in [-0.4, -0.2) is 38.6 Å². The Morgan fingerprint density at radius 3 is 1.79 bits per heavy atom. The van der Waals surface area contributed by atoms with E-state index in [1.54, 1.807) is 36.4 Å². The largest absolute Gasteiger partial charge is 0.451 e. The summed E-state index contributed by atoms with van der Waals surface area (Å²) in [5.74, 6) is -1.13. The van der Waals surface area contributed by atoms with E-state index in [-0.39, 0.29) is 11.1 Å². The first kappa shape index (κ1) is 24.5. The van der Waals surface area contributed by atoms with Crippen LogP contribution in [-0.2, 0) is 14.8 Å². The number of amides is 2. The molecule has 0 fully saturated rings. The number of rotatable bonds is 8. The molecule has 34 heavy (non-hydrogen) atoms. The summed E-state index contributed by atoms with van der Waals surface area (Å²) in [5, 5.41) is 5.34. The molecule has 9 nitrogen and oxygen atoms in total. The highest BCUT2D eigenvalue weighted by atomic mass is 32.2. The maximum Gasteiger partial charge on any atom is 0.338 e. The number of urea groups is 1. The van der Waals surface area contributed by atoms with Gasteiger partial charge in [0.2, 0.25) is 15.8 Å². The molecule has 0 radical (unpaired) electrons. The summed E-state index contributed by atoms with van der Waals surface area (Å²) in [6.07, 6.45) is -0.0361. The molecule has 0 bridgehead atoms. The van der Waals surface area contributed by atoms with Crippen LogP contribution in [0.2, 0.25) is 0 Å². The monoisotopic (exact) mass is 481 g/mol. The fraction of sp³-hybridized carbons (Fsp3) is 0.125. The highest BCUT2D eigenvalue weighted by Gasteiger charge is 2.20. The number of hydrogen-bond donors (Lipinski definition) is 3. The number of esters is 1. The molecule has 10 heteroatoms. The van der Waals surface area contributed by atoms with E-state index in [2.05, 4.69) is 15.4 Å². The Labute approximate surface area is 197 Å². The molecule has 0 aliphatic heterocycles. The van der Waals surface area contributed by atoms with Crippen LogP contribution in [0.15, 0.2) is 78.9 Å². The van der Waals surface area contributed by atoms with Crippen molar-refractivity contribution in [1.82, 2.24) is 0 Å². The third kappa shape index (κ3) is 7.17. The van der Waals surface area contributed by atoms with Gasteiger partial charge in [0, 0.05) is 22.6 Å². The lowest BCUT2D eigenvalue weighted by molar-refractivity contribution is 0.0319. The zero-order valence-corrected chi connectivity index (χ0v) is 19.3. The van der Waals surface area contributed by atoms with E-state index in [9.17, 15) is 22.8 Å². The molecule has 176 valence electrons. The smallest absolute Gasteiger partial charge is 0.338 e. The number of ether oxygens (including phenoxy) is 1. The molecule has 0 aromatic heterocycles. The maximum atomic E-state index is 12.6. The van der Waals surface area contributed by atoms with E-state index in [4.69, 9.17) is 4.74 Å². The van der Waals surface area contributed by atoms with Gasteiger partial charge in [0.1, 0.15) is 0 Å². The summed E-state index contributed by atoms with van der Waals surface area (Å²) >= 11 is 0. The Morgan fingerprint density at radius 2 is 1.24 bits per heavy atom. The molecule has 0 heterocycles. The normalized spacial score (nSPS) is 11.7. The van der Waals surface area contributed by atoms with Gasteiger partial charge in [-0.15, -0.1) is 0 Å². The summed E-state index contributed by atoms with van der Waals surface area (Å²) < 4.78 is 30.1. The van der Waals surface area contributed by atoms with E-state index < -0.39 is 33.9 Å². The lowest BCUT2D eigenvalue weighted by atomic mass is 10.1. The van der Waals surface area contributed by atoms with Gasteiger partial charge in [-0.25, -0.2) is 18.0 Å². The van der Waals surface area contributed by atoms with Gasteiger partial charge in [0.25, 0.3) is 0 Å². The van der Waals surface area contributed by atoms with Gasteiger partial charge < -0.3 is 15.4 Å². The van der Waals surface area contributed by atoms with Crippen LogP contribution >= 0.6 is 0 Å². The first-order valence-electron chi connectivity index (χ1n) is 10.2. The van der Waals surface area contributed by atoms with Gasteiger partial charge in [-0.05, 0) is 67.6 Å². The molecule has 2 amide bonds. The molecule has 0 saturated heterocycles. The lowest BCUT2D eigenvalue weighted by Crippen LogP contribution is -2.24. The van der Waals surface area contributed by atoms with Crippen molar-refractivity contribution in [1.29, 1.82) is 0 Å². The molecular formula is C24H23N3O6S. The van der Waals surface area contributed by atoms with Crippen molar-refractivity contribution in [2.75, 3.05) is 21.6 Å². The molecular weight excluding hydrogens is 458 g/mol. The van der Waals surface area contributed by atoms with Gasteiger partial charge in [-0.2, -0.15) is 0 Å². The summed E-state index contributed by atoms with van der Waals surface area (Å²) in [4.78, 5) is 37.0. The van der Waals surface area contributed by atoms with Crippen LogP contribution in [0.3, 0.4) is 0 Å². The number of hydrogen-bond acceptors (Lipinski definition) is 6. The fourth-order valence-corrected chi connectivity index (χ4v) is 3.50. The zero-order chi connectivity index (χ0) is 24.7. The van der Waals surface area contributed by atoms with E-state index in [1.807, 2.05) is 6.07 Å². The first-order valence-corrected chi connectivity index (χ1v) is 12.1. The van der Waals surface area contributed by atoms with Gasteiger partial charge in [-0.3, -0.25) is 9.52 Å². The Hall–Kier alpha value is -4.18. The van der Waals surface area contributed by atoms with Crippen molar-refractivity contribution in [3.05, 3.63) is 90.0 Å². The van der Waals surface area contributed by atoms with Crippen LogP contribution < -0.4 is 15.4 Å². The van der Waals surface area contributed by atoms with Gasteiger partial charge >= 0.3 is 12.0 Å². The minimum absolute atomic E-state index is 0.210. The molecule has 3 aromatic carbocycles. The van der Waals surface area contributed by atoms with Crippen molar-refractivity contribution in [2.24, 2.45) is 0 Å². The molecule has 0 saturated carbocycles. The van der Waals surface area contributed by atoms with Crippen molar-refractivity contribution < 1.29 is 27.5 Å². The molecule has 1 unspecified atom stereocenters. The quantitative estimate of drug-likeness (QED) is 0.328. The van der Waals surface area contributed by atoms with Crippen molar-refractivity contribution in [3.8, 4) is 0 Å². The van der Waals surface area contributed by atoms with Gasteiger partial charge in [-0.1, -0.05) is 18.2 Å². The first-order chi connectivity index (χ1) is 16.1. The molecule has 3 aromatic rings. The predicted octanol–water partition coefficient (Wildman–Crippen LogP) is 4.13. The maximum absolute atomic E-state index is 12.6. The summed E-state index contributed by atoms with van der Waals surface area (Å²) in [5.41, 5.74) is 1.90. The van der Waals surface area contributed by atoms with Crippen LogP contribution in [0, 0.1) is 0 Å². The minimum Gasteiger partial charge on any atom is -0.451 e. The van der Waals surface area contributed by atoms with Crippen molar-refractivity contribution in [3.63, 3.8) is 0 Å². The second-order valence-electron chi connectivity index (χ2n) is 7.39. The van der Waals surface area contributed by atoms with E-state index >= 15 is 0 Å². The molecule has 0 spiro atoms. The van der Waals surface area contributed by atoms with E-state index in [1.165, 1.54) is 43.3 Å². The van der Waals surface area contributed by atoms with Gasteiger partial charge in [0.15, 0.2) is 6.10 Å². The molecule has 0 aliphatic carbocycles. The standard InChI is InChI=1S/C24H23N3O6S/c1-16(22(28)17-8-14-21(15-9-17)27-34(2,31)32)33-23(29)18-10-12-20(13-11-18)26-24(30)25-19-6-4-3-5-7-19/h3-16,27H,1-2H3,(H2,25,26,30). The number of benzene rings is 3. The Balaban J connectivity index is 1.55. The number of anilines is 3. The van der Waals surface area contributed by atoms with Crippen LogP contribution in [0.25, 0.3) is 0 Å². The molecule has 1 atom stereocenters. The van der Waals surface area contributed by atoms with Gasteiger partial charge in [0.05, 0.1) is 11.8 Å². The summed E-state index contributed by atoms with van der Waals surface area (Å²) in [6.45, 7) is 1.45. The Morgan fingerprint density at radius 1 is 0.735 bits per heavy atom. The van der Waals surface area contributed by atoms with Crippen LogP contribution in [0.5, 0.6) is 0 Å². The number of Topliss-reactive ketones (excluding diaryl/α,β-unsaturated/α-hetero) is 1. The summed E-state index contributed by atoms with van der Waals surface area (Å²) in [6, 6.07) is 20.3. The van der Waals surface area contributed by atoms with E-state index in [0.717, 1.165) is 6.26 Å². The molecule has 0 aliphatic rings. The number of ketones is 1. The minimum atomic E-state index is -3.43. The molecule has 3 rings (SSSR count). The number of para-hydroxylation sites is 1. The highest BCUT2D eigenvalue weighted by Crippen LogP contribution is 2.16. The van der Waals surface area contributed by atoms with Crippen LogP contribution in [0.4, 0.5) is 21.9 Å². The number of carbonyl (C=O) groups is 3. The van der Waals surface area contributed by atoms with Crippen LogP contribution in [0.1, 0.15) is 27.6 Å². The molecule has 3 N–H and O–H groups in total. The number of sulfonamides is 1. The number of carbonyl (C=O) groups excluding carboxylic acids is 3. The second-order valence-corrected chi connectivity index (χ2v) is 9.13. The Kier molecular flexibility index (Phi) is 7.64. The number of nitrogens with one attached hydrogen (secondary N) is 3. The Bertz CT molecular complexity index is 1270. The van der Waals surface area contributed by atoms with Crippen molar-refractivity contribution >= 4 is 44.9 Å². The average molecular weight is 482 g/mol. The predicted molar refractivity (Wildman–Crippen MR) is 130 cm³/mol. The van der Waals surface area contributed by atoms with Crippen molar-refractivity contribution in [2.45, 2.75) is 13.0 Å². The van der Waals surface area contributed by atoms with E-state index in [0.29, 0.717) is 17.1 Å². The second kappa shape index (κ2) is 10.6. The zero-order valence-electron chi connectivity index (χ0n) is 18.4. The lowest BCUT2D eigenvalue weighted by Gasteiger charge is -2.13. The average Bonchev–Trinajstić information content (AvgIpc) is 2.79. The summed E-state index contributed by atoms with van der Waals surface area (Å²) in [7, 11) is -3.43. The topological polar surface area (TPSA) is 131 Å². The SMILES string of the molecule is CC(OC(=O)c1ccc(NC(=O)Nc2ccccc2)cc1)C(=O)c1ccc(NS(C)(=O)=O)cc1. The highest BCUT2D eigenvalue weighted by molar-refractivity contribution is 7.92. The third-order valence-electron chi connectivity index (χ3n) is 4.54.